The van der Waals surface area contributed by atoms with Crippen LogP contribution in [0.2, 0.25) is 0 Å². The van der Waals surface area contributed by atoms with Gasteiger partial charge in [0.15, 0.2) is 5.82 Å². The van der Waals surface area contributed by atoms with Crippen LogP contribution >= 0.6 is 0 Å². The highest BCUT2D eigenvalue weighted by atomic mass is 32.2. The number of sulfonamides is 1. The summed E-state index contributed by atoms with van der Waals surface area (Å²) in [5, 5.41) is 8.94. The molecule has 4 nitrogen and oxygen atoms in total. The Morgan fingerprint density at radius 3 is 2.48 bits per heavy atom. The summed E-state index contributed by atoms with van der Waals surface area (Å²) in [7, 11) is -4.06. The van der Waals surface area contributed by atoms with E-state index in [9.17, 15) is 17.2 Å². The number of aliphatic hydroxyl groups is 1. The van der Waals surface area contributed by atoms with E-state index in [0.29, 0.717) is 0 Å². The number of aliphatic hydroxyl groups excluding tert-OH is 1. The zero-order valence-corrected chi connectivity index (χ0v) is 12.6. The van der Waals surface area contributed by atoms with E-state index in [1.807, 2.05) is 6.92 Å². The van der Waals surface area contributed by atoms with E-state index in [2.05, 4.69) is 4.72 Å². The Balaban J connectivity index is 2.24. The van der Waals surface area contributed by atoms with Crippen molar-refractivity contribution in [1.29, 1.82) is 0 Å². The Bertz CT molecular complexity index is 622. The summed E-state index contributed by atoms with van der Waals surface area (Å²) in [6, 6.07) is 1.73. The maximum Gasteiger partial charge on any atom is 0.243 e. The minimum Gasteiger partial charge on any atom is -0.391 e. The molecular formula is C14H19F2NO3S. The van der Waals surface area contributed by atoms with Crippen molar-refractivity contribution in [2.24, 2.45) is 5.41 Å². The van der Waals surface area contributed by atoms with Crippen LogP contribution in [-0.4, -0.2) is 20.1 Å². The smallest absolute Gasteiger partial charge is 0.243 e. The molecule has 1 fully saturated rings. The summed E-state index contributed by atoms with van der Waals surface area (Å²) in [5.41, 5.74) is -0.685. The van der Waals surface area contributed by atoms with Gasteiger partial charge in [-0.1, -0.05) is 13.3 Å². The first kappa shape index (κ1) is 16.3. The van der Waals surface area contributed by atoms with Crippen molar-refractivity contribution in [3.63, 3.8) is 0 Å². The molecule has 1 aliphatic rings. The number of hydrogen-bond acceptors (Lipinski definition) is 3. The fourth-order valence-corrected chi connectivity index (χ4v) is 3.84. The number of nitrogens with one attached hydrogen (secondary N) is 1. The van der Waals surface area contributed by atoms with Gasteiger partial charge in [-0.3, -0.25) is 0 Å². The quantitative estimate of drug-likeness (QED) is 0.845. The van der Waals surface area contributed by atoms with Crippen molar-refractivity contribution < 1.29 is 22.3 Å². The molecule has 0 spiro atoms. The van der Waals surface area contributed by atoms with Crippen LogP contribution in [-0.2, 0) is 16.6 Å². The van der Waals surface area contributed by atoms with Gasteiger partial charge >= 0.3 is 0 Å². The van der Waals surface area contributed by atoms with E-state index in [0.717, 1.165) is 37.8 Å². The van der Waals surface area contributed by atoms with Gasteiger partial charge in [-0.05, 0) is 36.8 Å². The van der Waals surface area contributed by atoms with E-state index >= 15 is 0 Å². The molecule has 1 aromatic rings. The molecule has 0 aromatic heterocycles. The summed E-state index contributed by atoms with van der Waals surface area (Å²) in [5.74, 6) is -2.19. The third kappa shape index (κ3) is 3.09. The monoisotopic (exact) mass is 319 g/mol. The van der Waals surface area contributed by atoms with Crippen LogP contribution in [0, 0.1) is 17.0 Å². The summed E-state index contributed by atoms with van der Waals surface area (Å²) < 4.78 is 54.1. The number of hydrogen-bond donors (Lipinski definition) is 2. The van der Waals surface area contributed by atoms with Crippen LogP contribution < -0.4 is 4.72 Å². The zero-order valence-electron chi connectivity index (χ0n) is 11.8. The third-order valence-electron chi connectivity index (χ3n) is 4.40. The average Bonchev–Trinajstić information content (AvgIpc) is 2.38. The van der Waals surface area contributed by atoms with E-state index in [1.54, 1.807) is 0 Å². The molecule has 0 aliphatic heterocycles. The van der Waals surface area contributed by atoms with Crippen LogP contribution in [0.3, 0.4) is 0 Å². The molecule has 118 valence electrons. The minimum absolute atomic E-state index is 0.0522. The summed E-state index contributed by atoms with van der Waals surface area (Å²) in [6.45, 7) is 1.35. The van der Waals surface area contributed by atoms with Gasteiger partial charge in [-0.2, -0.15) is 0 Å². The molecular weight excluding hydrogens is 300 g/mol. The van der Waals surface area contributed by atoms with E-state index < -0.39 is 38.7 Å². The number of rotatable bonds is 6. The molecule has 1 saturated carbocycles. The summed E-state index contributed by atoms with van der Waals surface area (Å²) >= 11 is 0. The van der Waals surface area contributed by atoms with Crippen molar-refractivity contribution in [3.05, 3.63) is 29.3 Å². The first-order chi connectivity index (χ1) is 9.85. The highest BCUT2D eigenvalue weighted by molar-refractivity contribution is 7.89. The highest BCUT2D eigenvalue weighted by Gasteiger charge is 2.36. The maximum absolute atomic E-state index is 14.0. The van der Waals surface area contributed by atoms with Gasteiger partial charge in [-0.25, -0.2) is 21.9 Å². The molecule has 2 N–H and O–H groups in total. The molecule has 0 radical (unpaired) electrons. The van der Waals surface area contributed by atoms with Crippen molar-refractivity contribution in [2.75, 3.05) is 6.54 Å². The van der Waals surface area contributed by atoms with Crippen LogP contribution in [0.25, 0.3) is 0 Å². The lowest BCUT2D eigenvalue weighted by Gasteiger charge is -2.41. The van der Waals surface area contributed by atoms with Gasteiger partial charge in [0.25, 0.3) is 0 Å². The molecule has 0 saturated heterocycles. The summed E-state index contributed by atoms with van der Waals surface area (Å²) in [6.07, 6.45) is 3.80. The fraction of sp³-hybridized carbons (Fsp3) is 0.571. The van der Waals surface area contributed by atoms with E-state index in [1.165, 1.54) is 0 Å². The molecule has 0 amide bonds. The second kappa shape index (κ2) is 5.98. The first-order valence-corrected chi connectivity index (χ1v) is 8.41. The Morgan fingerprint density at radius 2 is 2.00 bits per heavy atom. The molecule has 7 heteroatoms. The predicted octanol–water partition coefficient (Wildman–Crippen LogP) is 2.32. The predicted molar refractivity (Wildman–Crippen MR) is 74.0 cm³/mol. The molecule has 0 unspecified atom stereocenters. The lowest BCUT2D eigenvalue weighted by molar-refractivity contribution is 0.133. The molecule has 0 heterocycles. The molecule has 0 bridgehead atoms. The van der Waals surface area contributed by atoms with Crippen LogP contribution in [0.15, 0.2) is 17.0 Å². The molecule has 21 heavy (non-hydrogen) atoms. The van der Waals surface area contributed by atoms with Gasteiger partial charge in [0, 0.05) is 6.54 Å². The standard InChI is InChI=1S/C14H19F2NO3S/c1-2-14(6-3-7-14)9-17-21(19,20)12-5-4-11(15)10(8-18)13(12)16/h4-5,17-18H,2-3,6-9H2,1H3. The fourth-order valence-electron chi connectivity index (χ4n) is 2.59. The largest absolute Gasteiger partial charge is 0.391 e. The highest BCUT2D eigenvalue weighted by Crippen LogP contribution is 2.43. The van der Waals surface area contributed by atoms with E-state index in [-0.39, 0.29) is 12.0 Å². The second-order valence-corrected chi connectivity index (χ2v) is 7.26. The number of benzene rings is 1. The van der Waals surface area contributed by atoms with E-state index in [4.69, 9.17) is 5.11 Å². The van der Waals surface area contributed by atoms with Crippen molar-refractivity contribution in [3.8, 4) is 0 Å². The zero-order chi connectivity index (χ0) is 15.7. The molecule has 2 rings (SSSR count). The van der Waals surface area contributed by atoms with Gasteiger partial charge < -0.3 is 5.11 Å². The first-order valence-electron chi connectivity index (χ1n) is 6.92. The van der Waals surface area contributed by atoms with Crippen LogP contribution in [0.4, 0.5) is 8.78 Å². The summed E-state index contributed by atoms with van der Waals surface area (Å²) in [4.78, 5) is -0.626. The SMILES string of the molecule is CCC1(CNS(=O)(=O)c2ccc(F)c(CO)c2F)CCC1. The Labute approximate surface area is 123 Å². The Morgan fingerprint density at radius 1 is 1.33 bits per heavy atom. The van der Waals surface area contributed by atoms with Crippen molar-refractivity contribution >= 4 is 10.0 Å². The molecule has 1 aromatic carbocycles. The Hall–Kier alpha value is -1.05. The maximum atomic E-state index is 14.0. The van der Waals surface area contributed by atoms with Gasteiger partial charge in [0.1, 0.15) is 10.7 Å². The van der Waals surface area contributed by atoms with Crippen molar-refractivity contribution in [1.82, 2.24) is 4.72 Å². The third-order valence-corrected chi connectivity index (χ3v) is 5.82. The normalized spacial score (nSPS) is 17.5. The Kier molecular flexibility index (Phi) is 4.65. The van der Waals surface area contributed by atoms with Gasteiger partial charge in [0.05, 0.1) is 12.2 Å². The molecule has 1 aliphatic carbocycles. The van der Waals surface area contributed by atoms with Gasteiger partial charge in [0.2, 0.25) is 10.0 Å². The van der Waals surface area contributed by atoms with Crippen molar-refractivity contribution in [2.45, 2.75) is 44.1 Å². The van der Waals surface area contributed by atoms with Gasteiger partial charge in [-0.15, -0.1) is 0 Å². The lowest BCUT2D eigenvalue weighted by atomic mass is 9.67. The van der Waals surface area contributed by atoms with Crippen LogP contribution in [0.1, 0.15) is 38.2 Å². The lowest BCUT2D eigenvalue weighted by Crippen LogP contribution is -2.41. The second-order valence-electron chi connectivity index (χ2n) is 5.53. The minimum atomic E-state index is -4.06. The number of halogens is 2. The average molecular weight is 319 g/mol. The van der Waals surface area contributed by atoms with Crippen LogP contribution in [0.5, 0.6) is 0 Å². The topological polar surface area (TPSA) is 66.4 Å². The molecule has 0 atom stereocenters.